The highest BCUT2D eigenvalue weighted by molar-refractivity contribution is 5.96. The number of likely N-dealkylation sites (tertiary alicyclic amines) is 1. The maximum Gasteiger partial charge on any atom is 0.228 e. The fourth-order valence-electron chi connectivity index (χ4n) is 4.00. The van der Waals surface area contributed by atoms with Gasteiger partial charge in [-0.2, -0.15) is 0 Å². The average Bonchev–Trinajstić information content (AvgIpc) is 2.71. The van der Waals surface area contributed by atoms with Crippen LogP contribution in [-0.2, 0) is 17.8 Å². The van der Waals surface area contributed by atoms with Gasteiger partial charge >= 0.3 is 0 Å². The number of piperidine rings is 1. The Morgan fingerprint density at radius 3 is 2.46 bits per heavy atom. The maximum atomic E-state index is 12.5. The van der Waals surface area contributed by atoms with Crippen LogP contribution in [0.3, 0.4) is 0 Å². The summed E-state index contributed by atoms with van der Waals surface area (Å²) < 4.78 is 0. The maximum absolute atomic E-state index is 12.5. The van der Waals surface area contributed by atoms with E-state index < -0.39 is 0 Å². The van der Waals surface area contributed by atoms with Crippen LogP contribution in [0.4, 0.5) is 5.69 Å². The first-order valence-electron chi connectivity index (χ1n) is 10.3. The van der Waals surface area contributed by atoms with Crippen LogP contribution in [0.25, 0.3) is 10.8 Å². The van der Waals surface area contributed by atoms with Crippen molar-refractivity contribution in [3.63, 3.8) is 0 Å². The average molecular weight is 373 g/mol. The summed E-state index contributed by atoms with van der Waals surface area (Å²) in [6.07, 6.45) is 2.97. The molecule has 0 bridgehead atoms. The molecule has 3 nitrogen and oxygen atoms in total. The lowest BCUT2D eigenvalue weighted by Crippen LogP contribution is -2.32. The van der Waals surface area contributed by atoms with E-state index in [0.717, 1.165) is 29.1 Å². The van der Waals surface area contributed by atoms with Crippen LogP contribution in [0.15, 0.2) is 66.7 Å². The van der Waals surface area contributed by atoms with Gasteiger partial charge < -0.3 is 5.32 Å². The summed E-state index contributed by atoms with van der Waals surface area (Å²) in [5, 5.41) is 5.35. The van der Waals surface area contributed by atoms with Gasteiger partial charge in [-0.25, -0.2) is 0 Å². The lowest BCUT2D eigenvalue weighted by Gasteiger charge is -2.30. The molecule has 0 aromatic heterocycles. The number of nitrogens with zero attached hydrogens (tertiary/aromatic N) is 1. The molecule has 0 unspecified atom stereocenters. The molecule has 1 aliphatic rings. The lowest BCUT2D eigenvalue weighted by molar-refractivity contribution is -0.115. The molecule has 3 heteroatoms. The van der Waals surface area contributed by atoms with Crippen LogP contribution < -0.4 is 5.32 Å². The third kappa shape index (κ3) is 4.60. The highest BCUT2D eigenvalue weighted by atomic mass is 16.1. The minimum atomic E-state index is 0.0223. The molecule has 1 amide bonds. The molecule has 1 N–H and O–H groups in total. The molecule has 1 aliphatic heterocycles. The fourth-order valence-corrected chi connectivity index (χ4v) is 4.00. The Morgan fingerprint density at radius 1 is 0.964 bits per heavy atom. The molecule has 1 heterocycles. The van der Waals surface area contributed by atoms with Crippen molar-refractivity contribution in [2.75, 3.05) is 18.4 Å². The largest absolute Gasteiger partial charge is 0.326 e. The van der Waals surface area contributed by atoms with Crippen LogP contribution in [0.5, 0.6) is 0 Å². The van der Waals surface area contributed by atoms with Gasteiger partial charge in [0.1, 0.15) is 0 Å². The summed E-state index contributed by atoms with van der Waals surface area (Å²) in [4.78, 5) is 15.1. The van der Waals surface area contributed by atoms with E-state index in [0.29, 0.717) is 6.42 Å². The highest BCUT2D eigenvalue weighted by Crippen LogP contribution is 2.21. The second kappa shape index (κ2) is 8.57. The highest BCUT2D eigenvalue weighted by Gasteiger charge is 2.15. The number of carbonyl (C=O) groups is 1. The third-order valence-corrected chi connectivity index (χ3v) is 5.75. The van der Waals surface area contributed by atoms with Crippen LogP contribution in [0, 0.1) is 5.92 Å². The predicted molar refractivity (Wildman–Crippen MR) is 116 cm³/mol. The predicted octanol–water partition coefficient (Wildman–Crippen LogP) is 5.25. The first kappa shape index (κ1) is 18.7. The van der Waals surface area contributed by atoms with Crippen LogP contribution in [0.2, 0.25) is 0 Å². The zero-order valence-corrected chi connectivity index (χ0v) is 16.5. The van der Waals surface area contributed by atoms with Crippen LogP contribution in [-0.4, -0.2) is 23.9 Å². The van der Waals surface area contributed by atoms with Crippen molar-refractivity contribution in [3.05, 3.63) is 77.9 Å². The van der Waals surface area contributed by atoms with E-state index in [9.17, 15) is 4.79 Å². The van der Waals surface area contributed by atoms with E-state index in [2.05, 4.69) is 47.5 Å². The first-order chi connectivity index (χ1) is 13.7. The van der Waals surface area contributed by atoms with Gasteiger partial charge in [0.25, 0.3) is 0 Å². The summed E-state index contributed by atoms with van der Waals surface area (Å²) >= 11 is 0. The molecule has 0 radical (unpaired) electrons. The van der Waals surface area contributed by atoms with Crippen molar-refractivity contribution in [3.8, 4) is 0 Å². The SMILES string of the molecule is CC1CCN(Cc2ccc(NC(=O)Cc3cccc4ccccc34)cc2)CC1. The number of hydrogen-bond acceptors (Lipinski definition) is 2. The van der Waals surface area contributed by atoms with Gasteiger partial charge in [0.05, 0.1) is 6.42 Å². The molecule has 3 aromatic carbocycles. The molecule has 1 saturated heterocycles. The summed E-state index contributed by atoms with van der Waals surface area (Å²) in [5.41, 5.74) is 3.23. The number of hydrogen-bond donors (Lipinski definition) is 1. The lowest BCUT2D eigenvalue weighted by atomic mass is 9.99. The molecular formula is C25H28N2O. The van der Waals surface area contributed by atoms with Crippen molar-refractivity contribution in [1.82, 2.24) is 4.90 Å². The minimum Gasteiger partial charge on any atom is -0.326 e. The van der Waals surface area contributed by atoms with E-state index in [-0.39, 0.29) is 5.91 Å². The normalized spacial score (nSPS) is 15.6. The zero-order chi connectivity index (χ0) is 19.3. The third-order valence-electron chi connectivity index (χ3n) is 5.75. The summed E-state index contributed by atoms with van der Waals surface area (Å²) in [5.74, 6) is 0.879. The van der Waals surface area contributed by atoms with Gasteiger partial charge in [-0.1, -0.05) is 61.5 Å². The Balaban J connectivity index is 1.35. The molecule has 0 spiro atoms. The van der Waals surface area contributed by atoms with E-state index in [1.165, 1.54) is 36.9 Å². The molecule has 28 heavy (non-hydrogen) atoms. The van der Waals surface area contributed by atoms with Crippen molar-refractivity contribution in [1.29, 1.82) is 0 Å². The zero-order valence-electron chi connectivity index (χ0n) is 16.5. The Kier molecular flexibility index (Phi) is 5.73. The van der Waals surface area contributed by atoms with E-state index in [1.807, 2.05) is 36.4 Å². The number of carbonyl (C=O) groups excluding carboxylic acids is 1. The molecule has 0 atom stereocenters. The molecule has 4 rings (SSSR count). The Morgan fingerprint density at radius 2 is 1.68 bits per heavy atom. The molecule has 0 saturated carbocycles. The van der Waals surface area contributed by atoms with Crippen molar-refractivity contribution in [2.24, 2.45) is 5.92 Å². The number of amides is 1. The van der Waals surface area contributed by atoms with Gasteiger partial charge in [0.2, 0.25) is 5.91 Å². The molecule has 144 valence electrons. The van der Waals surface area contributed by atoms with E-state index >= 15 is 0 Å². The van der Waals surface area contributed by atoms with Crippen LogP contribution in [0.1, 0.15) is 30.9 Å². The second-order valence-corrected chi connectivity index (χ2v) is 8.02. The van der Waals surface area contributed by atoms with Gasteiger partial charge in [-0.05, 0) is 65.9 Å². The van der Waals surface area contributed by atoms with Crippen molar-refractivity contribution in [2.45, 2.75) is 32.7 Å². The Labute approximate surface area is 167 Å². The second-order valence-electron chi connectivity index (χ2n) is 8.02. The van der Waals surface area contributed by atoms with Crippen molar-refractivity contribution >= 4 is 22.4 Å². The van der Waals surface area contributed by atoms with E-state index in [4.69, 9.17) is 0 Å². The molecule has 3 aromatic rings. The van der Waals surface area contributed by atoms with Crippen molar-refractivity contribution < 1.29 is 4.79 Å². The topological polar surface area (TPSA) is 32.3 Å². The monoisotopic (exact) mass is 372 g/mol. The van der Waals surface area contributed by atoms with Gasteiger partial charge in [0.15, 0.2) is 0 Å². The fraction of sp³-hybridized carbons (Fsp3) is 0.320. The number of nitrogens with one attached hydrogen (secondary N) is 1. The van der Waals surface area contributed by atoms with Gasteiger partial charge in [-0.3, -0.25) is 9.69 Å². The number of rotatable bonds is 5. The Hall–Kier alpha value is -2.65. The summed E-state index contributed by atoms with van der Waals surface area (Å²) in [6, 6.07) is 22.6. The van der Waals surface area contributed by atoms with Gasteiger partial charge in [0, 0.05) is 12.2 Å². The van der Waals surface area contributed by atoms with E-state index in [1.54, 1.807) is 0 Å². The first-order valence-corrected chi connectivity index (χ1v) is 10.3. The molecular weight excluding hydrogens is 344 g/mol. The van der Waals surface area contributed by atoms with Crippen LogP contribution >= 0.6 is 0 Å². The number of benzene rings is 3. The molecule has 1 fully saturated rings. The number of fused-ring (bicyclic) bond motifs is 1. The Bertz CT molecular complexity index is 935. The molecule has 0 aliphatic carbocycles. The number of anilines is 1. The minimum absolute atomic E-state index is 0.0223. The summed E-state index contributed by atoms with van der Waals surface area (Å²) in [6.45, 7) is 5.71. The smallest absolute Gasteiger partial charge is 0.228 e. The summed E-state index contributed by atoms with van der Waals surface area (Å²) in [7, 11) is 0. The van der Waals surface area contributed by atoms with Gasteiger partial charge in [-0.15, -0.1) is 0 Å². The quantitative estimate of drug-likeness (QED) is 0.663. The standard InChI is InChI=1S/C25H28N2O/c1-19-13-15-27(16-14-19)18-20-9-11-23(12-10-20)26-25(28)17-22-7-4-6-21-5-2-3-8-24(21)22/h2-12,19H,13-18H2,1H3,(H,26,28).